The first kappa shape index (κ1) is 17.6. The van der Waals surface area contributed by atoms with Gasteiger partial charge >= 0.3 is 5.69 Å². The van der Waals surface area contributed by atoms with Gasteiger partial charge in [0.05, 0.1) is 4.92 Å². The van der Waals surface area contributed by atoms with Crippen LogP contribution >= 0.6 is 11.8 Å². The SMILES string of the molecule is CCCNc1ccc([N+](=O)[O-])c(NC(C)CCSCC)n1. The summed E-state index contributed by atoms with van der Waals surface area (Å²) in [7, 11) is 0. The summed E-state index contributed by atoms with van der Waals surface area (Å²) in [5.41, 5.74) is 0.0204. The van der Waals surface area contributed by atoms with Crippen LogP contribution < -0.4 is 10.6 Å². The summed E-state index contributed by atoms with van der Waals surface area (Å²) in [6.45, 7) is 7.00. The summed E-state index contributed by atoms with van der Waals surface area (Å²) < 4.78 is 0. The maximum absolute atomic E-state index is 11.1. The average molecular weight is 312 g/mol. The highest BCUT2D eigenvalue weighted by Crippen LogP contribution is 2.25. The van der Waals surface area contributed by atoms with Crippen LogP contribution in [0.4, 0.5) is 17.3 Å². The van der Waals surface area contributed by atoms with Crippen LogP contribution in [0.25, 0.3) is 0 Å². The quantitative estimate of drug-likeness (QED) is 0.389. The number of aromatic nitrogens is 1. The summed E-state index contributed by atoms with van der Waals surface area (Å²) in [4.78, 5) is 15.0. The molecule has 0 amide bonds. The number of thioether (sulfide) groups is 1. The average Bonchev–Trinajstić information content (AvgIpc) is 2.45. The zero-order valence-corrected chi connectivity index (χ0v) is 13.7. The molecule has 0 fully saturated rings. The van der Waals surface area contributed by atoms with Crippen molar-refractivity contribution in [1.82, 2.24) is 4.98 Å². The van der Waals surface area contributed by atoms with E-state index in [1.54, 1.807) is 6.07 Å². The molecule has 0 radical (unpaired) electrons. The van der Waals surface area contributed by atoms with Crippen molar-refractivity contribution in [2.75, 3.05) is 28.7 Å². The van der Waals surface area contributed by atoms with E-state index in [0.29, 0.717) is 11.6 Å². The summed E-state index contributed by atoms with van der Waals surface area (Å²) in [5, 5.41) is 17.4. The van der Waals surface area contributed by atoms with E-state index >= 15 is 0 Å². The fraction of sp³-hybridized carbons (Fsp3) is 0.643. The van der Waals surface area contributed by atoms with Crippen LogP contribution in [0.5, 0.6) is 0 Å². The Balaban J connectivity index is 2.77. The Hall–Kier alpha value is -1.50. The van der Waals surface area contributed by atoms with Gasteiger partial charge in [-0.05, 0) is 37.3 Å². The lowest BCUT2D eigenvalue weighted by Crippen LogP contribution is -2.18. The highest BCUT2D eigenvalue weighted by molar-refractivity contribution is 7.99. The molecule has 1 aromatic heterocycles. The summed E-state index contributed by atoms with van der Waals surface area (Å²) in [6, 6.07) is 3.30. The molecular weight excluding hydrogens is 288 g/mol. The molecule has 0 saturated heterocycles. The van der Waals surface area contributed by atoms with Gasteiger partial charge in [0.25, 0.3) is 0 Å². The molecular formula is C14H24N4O2S. The van der Waals surface area contributed by atoms with E-state index in [9.17, 15) is 10.1 Å². The van der Waals surface area contributed by atoms with E-state index in [0.717, 1.165) is 30.9 Å². The Morgan fingerprint density at radius 2 is 2.19 bits per heavy atom. The van der Waals surface area contributed by atoms with Gasteiger partial charge in [-0.2, -0.15) is 11.8 Å². The van der Waals surface area contributed by atoms with Crippen molar-refractivity contribution in [3.8, 4) is 0 Å². The normalized spacial score (nSPS) is 12.0. The smallest absolute Gasteiger partial charge is 0.311 e. The third kappa shape index (κ3) is 6.20. The molecule has 0 aliphatic rings. The van der Waals surface area contributed by atoms with Crippen LogP contribution in [-0.2, 0) is 0 Å². The van der Waals surface area contributed by atoms with E-state index in [4.69, 9.17) is 0 Å². The second-order valence-corrected chi connectivity index (χ2v) is 6.17. The van der Waals surface area contributed by atoms with Crippen molar-refractivity contribution in [2.45, 2.75) is 39.7 Å². The minimum atomic E-state index is -0.396. The molecule has 0 aliphatic heterocycles. The predicted octanol–water partition coefficient (Wildman–Crippen LogP) is 3.76. The van der Waals surface area contributed by atoms with Gasteiger partial charge < -0.3 is 10.6 Å². The highest BCUT2D eigenvalue weighted by Gasteiger charge is 2.17. The molecule has 7 heteroatoms. The van der Waals surface area contributed by atoms with E-state index in [-0.39, 0.29) is 11.7 Å². The number of nitrogens with one attached hydrogen (secondary N) is 2. The lowest BCUT2D eigenvalue weighted by atomic mass is 10.2. The zero-order chi connectivity index (χ0) is 15.7. The predicted molar refractivity (Wildman–Crippen MR) is 90.4 cm³/mol. The van der Waals surface area contributed by atoms with E-state index in [1.165, 1.54) is 6.07 Å². The number of nitro groups is 1. The number of nitrogens with zero attached hydrogens (tertiary/aromatic N) is 2. The maximum atomic E-state index is 11.1. The van der Waals surface area contributed by atoms with Gasteiger partial charge in [-0.3, -0.25) is 10.1 Å². The van der Waals surface area contributed by atoms with E-state index in [2.05, 4.69) is 29.5 Å². The monoisotopic (exact) mass is 312 g/mol. The fourth-order valence-electron chi connectivity index (χ4n) is 1.77. The fourth-order valence-corrected chi connectivity index (χ4v) is 2.58. The van der Waals surface area contributed by atoms with Crippen molar-refractivity contribution < 1.29 is 4.92 Å². The zero-order valence-electron chi connectivity index (χ0n) is 12.9. The number of rotatable bonds is 10. The van der Waals surface area contributed by atoms with Gasteiger partial charge in [-0.15, -0.1) is 0 Å². The molecule has 1 atom stereocenters. The topological polar surface area (TPSA) is 80.1 Å². The van der Waals surface area contributed by atoms with Crippen molar-refractivity contribution in [1.29, 1.82) is 0 Å². The molecule has 21 heavy (non-hydrogen) atoms. The Bertz CT molecular complexity index is 457. The molecule has 6 nitrogen and oxygen atoms in total. The molecule has 1 heterocycles. The van der Waals surface area contributed by atoms with E-state index < -0.39 is 4.92 Å². The lowest BCUT2D eigenvalue weighted by molar-refractivity contribution is -0.384. The molecule has 1 unspecified atom stereocenters. The first-order chi connectivity index (χ1) is 10.1. The van der Waals surface area contributed by atoms with Crippen LogP contribution in [0.15, 0.2) is 12.1 Å². The third-order valence-corrected chi connectivity index (χ3v) is 3.84. The van der Waals surface area contributed by atoms with E-state index in [1.807, 2.05) is 18.7 Å². The minimum Gasteiger partial charge on any atom is -0.370 e. The first-order valence-electron chi connectivity index (χ1n) is 7.32. The molecule has 0 bridgehead atoms. The van der Waals surface area contributed by atoms with Crippen LogP contribution in [0.2, 0.25) is 0 Å². The summed E-state index contributed by atoms with van der Waals surface area (Å²) in [6.07, 6.45) is 1.93. The number of hydrogen-bond donors (Lipinski definition) is 2. The Morgan fingerprint density at radius 3 is 2.81 bits per heavy atom. The molecule has 118 valence electrons. The molecule has 1 aromatic rings. The third-order valence-electron chi connectivity index (χ3n) is 2.91. The van der Waals surface area contributed by atoms with Crippen LogP contribution in [0, 0.1) is 10.1 Å². The van der Waals surface area contributed by atoms with Gasteiger partial charge in [0, 0.05) is 18.7 Å². The minimum absolute atomic E-state index is 0.0204. The molecule has 2 N–H and O–H groups in total. The number of anilines is 2. The van der Waals surface area contributed by atoms with Crippen molar-refractivity contribution in [3.63, 3.8) is 0 Å². The first-order valence-corrected chi connectivity index (χ1v) is 8.47. The molecule has 0 spiro atoms. The van der Waals surface area contributed by atoms with Crippen LogP contribution in [0.1, 0.15) is 33.6 Å². The molecule has 0 aromatic carbocycles. The Labute approximate surface area is 130 Å². The van der Waals surface area contributed by atoms with Crippen molar-refractivity contribution >= 4 is 29.1 Å². The van der Waals surface area contributed by atoms with Gasteiger partial charge in [-0.25, -0.2) is 4.98 Å². The molecule has 1 rings (SSSR count). The van der Waals surface area contributed by atoms with Gasteiger partial charge in [0.2, 0.25) is 5.82 Å². The lowest BCUT2D eigenvalue weighted by Gasteiger charge is -2.15. The van der Waals surface area contributed by atoms with Crippen LogP contribution in [-0.4, -0.2) is 34.0 Å². The van der Waals surface area contributed by atoms with Gasteiger partial charge in [0.15, 0.2) is 0 Å². The molecule has 0 saturated carbocycles. The van der Waals surface area contributed by atoms with Crippen molar-refractivity contribution in [2.24, 2.45) is 0 Å². The van der Waals surface area contributed by atoms with Crippen molar-refractivity contribution in [3.05, 3.63) is 22.2 Å². The second-order valence-electron chi connectivity index (χ2n) is 4.78. The largest absolute Gasteiger partial charge is 0.370 e. The second kappa shape index (κ2) is 9.44. The van der Waals surface area contributed by atoms with Crippen LogP contribution in [0.3, 0.4) is 0 Å². The highest BCUT2D eigenvalue weighted by atomic mass is 32.2. The Kier molecular flexibility index (Phi) is 7.89. The Morgan fingerprint density at radius 1 is 1.43 bits per heavy atom. The maximum Gasteiger partial charge on any atom is 0.311 e. The number of pyridine rings is 1. The number of hydrogen-bond acceptors (Lipinski definition) is 6. The molecule has 0 aliphatic carbocycles. The van der Waals surface area contributed by atoms with Gasteiger partial charge in [-0.1, -0.05) is 13.8 Å². The standard InChI is InChI=1S/C14H24N4O2S/c1-4-9-15-13-7-6-12(18(19)20)14(17-13)16-11(3)8-10-21-5-2/h6-7,11H,4-5,8-10H2,1-3H3,(H2,15,16,17). The summed E-state index contributed by atoms with van der Waals surface area (Å²) in [5.74, 6) is 3.13. The summed E-state index contributed by atoms with van der Waals surface area (Å²) >= 11 is 1.87. The van der Waals surface area contributed by atoms with Gasteiger partial charge in [0.1, 0.15) is 5.82 Å².